The van der Waals surface area contributed by atoms with Crippen LogP contribution in [-0.4, -0.2) is 59.3 Å². The molecule has 0 spiro atoms. The normalized spacial score (nSPS) is 14.9. The first-order chi connectivity index (χ1) is 13.1. The van der Waals surface area contributed by atoms with E-state index in [0.29, 0.717) is 32.7 Å². The second-order valence-corrected chi connectivity index (χ2v) is 6.53. The molecule has 0 radical (unpaired) electrons. The molecule has 7 heteroatoms. The van der Waals surface area contributed by atoms with Crippen molar-refractivity contribution in [1.82, 2.24) is 20.1 Å². The third kappa shape index (κ3) is 4.29. The summed E-state index contributed by atoms with van der Waals surface area (Å²) in [6, 6.07) is 10.1. The third-order valence-corrected chi connectivity index (χ3v) is 4.82. The molecule has 3 rings (SSSR count). The van der Waals surface area contributed by atoms with Crippen LogP contribution in [0, 0.1) is 11.3 Å². The van der Waals surface area contributed by atoms with Gasteiger partial charge in [-0.25, -0.2) is 0 Å². The highest BCUT2D eigenvalue weighted by Crippen LogP contribution is 2.17. The van der Waals surface area contributed by atoms with Crippen LogP contribution in [0.2, 0.25) is 0 Å². The van der Waals surface area contributed by atoms with E-state index in [1.165, 1.54) is 24.1 Å². The Balaban J connectivity index is 1.53. The fourth-order valence-electron chi connectivity index (χ4n) is 3.26. The zero-order chi connectivity index (χ0) is 19.2. The van der Waals surface area contributed by atoms with Crippen LogP contribution in [0.1, 0.15) is 12.5 Å². The van der Waals surface area contributed by atoms with E-state index in [-0.39, 0.29) is 17.4 Å². The summed E-state index contributed by atoms with van der Waals surface area (Å²) in [7, 11) is 0. The Kier molecular flexibility index (Phi) is 5.77. The average molecular weight is 365 g/mol. The van der Waals surface area contributed by atoms with Gasteiger partial charge in [0.1, 0.15) is 11.6 Å². The van der Waals surface area contributed by atoms with Gasteiger partial charge in [0, 0.05) is 62.9 Å². The Morgan fingerprint density at radius 2 is 1.93 bits per heavy atom. The van der Waals surface area contributed by atoms with Crippen molar-refractivity contribution < 1.29 is 9.59 Å². The quantitative estimate of drug-likeness (QED) is 0.476. The SMILES string of the molecule is CC(=O)N1CCN(C(=O)/C(C#N)=C\NCCc2c[nH]c3ccccc23)CC1. The van der Waals surface area contributed by atoms with Gasteiger partial charge in [-0.05, 0) is 18.1 Å². The summed E-state index contributed by atoms with van der Waals surface area (Å²) in [5.74, 6) is -0.280. The van der Waals surface area contributed by atoms with Gasteiger partial charge in [-0.3, -0.25) is 9.59 Å². The van der Waals surface area contributed by atoms with Crippen molar-refractivity contribution in [3.05, 3.63) is 47.8 Å². The van der Waals surface area contributed by atoms with E-state index in [1.54, 1.807) is 9.80 Å². The molecule has 0 aliphatic carbocycles. The number of aromatic nitrogens is 1. The van der Waals surface area contributed by atoms with Crippen LogP contribution >= 0.6 is 0 Å². The number of benzene rings is 1. The number of rotatable bonds is 5. The first-order valence-electron chi connectivity index (χ1n) is 9.03. The lowest BCUT2D eigenvalue weighted by atomic mass is 10.1. The summed E-state index contributed by atoms with van der Waals surface area (Å²) < 4.78 is 0. The number of nitrogens with one attached hydrogen (secondary N) is 2. The molecule has 0 atom stereocenters. The molecule has 140 valence electrons. The van der Waals surface area contributed by atoms with E-state index in [0.717, 1.165) is 11.9 Å². The van der Waals surface area contributed by atoms with Crippen molar-refractivity contribution in [3.8, 4) is 6.07 Å². The maximum atomic E-state index is 12.5. The molecule has 2 aromatic rings. The van der Waals surface area contributed by atoms with E-state index in [2.05, 4.69) is 16.4 Å². The molecule has 1 aromatic heterocycles. The maximum absolute atomic E-state index is 12.5. The average Bonchev–Trinajstić information content (AvgIpc) is 3.11. The number of piperazine rings is 1. The highest BCUT2D eigenvalue weighted by Gasteiger charge is 2.24. The second-order valence-electron chi connectivity index (χ2n) is 6.53. The fraction of sp³-hybridized carbons (Fsp3) is 0.350. The van der Waals surface area contributed by atoms with E-state index < -0.39 is 0 Å². The molecule has 1 aromatic carbocycles. The molecule has 1 saturated heterocycles. The van der Waals surface area contributed by atoms with Gasteiger partial charge in [0.05, 0.1) is 0 Å². The molecule has 1 fully saturated rings. The van der Waals surface area contributed by atoms with Crippen molar-refractivity contribution in [2.75, 3.05) is 32.7 Å². The van der Waals surface area contributed by atoms with E-state index in [9.17, 15) is 14.9 Å². The molecule has 2 heterocycles. The number of para-hydroxylation sites is 1. The number of H-pyrrole nitrogens is 1. The van der Waals surface area contributed by atoms with Crippen LogP contribution in [0.4, 0.5) is 0 Å². The van der Waals surface area contributed by atoms with Crippen LogP contribution in [-0.2, 0) is 16.0 Å². The summed E-state index contributed by atoms with van der Waals surface area (Å²) in [6.07, 6.45) is 4.26. The van der Waals surface area contributed by atoms with Crippen molar-refractivity contribution in [2.45, 2.75) is 13.3 Å². The lowest BCUT2D eigenvalue weighted by molar-refractivity contribution is -0.136. The fourth-order valence-corrected chi connectivity index (χ4v) is 3.26. The summed E-state index contributed by atoms with van der Waals surface area (Å²) in [5, 5.41) is 13.6. The number of carbonyl (C=O) groups excluding carboxylic acids is 2. The van der Waals surface area contributed by atoms with Gasteiger partial charge in [-0.15, -0.1) is 0 Å². The Morgan fingerprint density at radius 1 is 1.22 bits per heavy atom. The van der Waals surface area contributed by atoms with Gasteiger partial charge < -0.3 is 20.1 Å². The van der Waals surface area contributed by atoms with Crippen LogP contribution in [0.25, 0.3) is 10.9 Å². The van der Waals surface area contributed by atoms with Crippen molar-refractivity contribution >= 4 is 22.7 Å². The number of nitrogens with zero attached hydrogens (tertiary/aromatic N) is 3. The minimum Gasteiger partial charge on any atom is -0.389 e. The van der Waals surface area contributed by atoms with Crippen LogP contribution < -0.4 is 5.32 Å². The van der Waals surface area contributed by atoms with Crippen molar-refractivity contribution in [3.63, 3.8) is 0 Å². The molecule has 2 N–H and O–H groups in total. The summed E-state index contributed by atoms with van der Waals surface area (Å²) >= 11 is 0. The number of amides is 2. The van der Waals surface area contributed by atoms with Crippen LogP contribution in [0.3, 0.4) is 0 Å². The lowest BCUT2D eigenvalue weighted by Gasteiger charge is -2.34. The predicted molar refractivity (Wildman–Crippen MR) is 103 cm³/mol. The summed E-state index contributed by atoms with van der Waals surface area (Å²) in [5.41, 5.74) is 2.38. The highest BCUT2D eigenvalue weighted by molar-refractivity contribution is 5.97. The van der Waals surface area contributed by atoms with E-state index in [1.807, 2.05) is 30.5 Å². The summed E-state index contributed by atoms with van der Waals surface area (Å²) in [4.78, 5) is 30.4. The Hall–Kier alpha value is -3.27. The zero-order valence-corrected chi connectivity index (χ0v) is 15.4. The molecule has 27 heavy (non-hydrogen) atoms. The second kappa shape index (κ2) is 8.41. The van der Waals surface area contributed by atoms with Gasteiger partial charge >= 0.3 is 0 Å². The molecule has 7 nitrogen and oxygen atoms in total. The molecule has 1 aliphatic heterocycles. The molecule has 1 aliphatic rings. The number of nitriles is 1. The molecule has 0 unspecified atom stereocenters. The first-order valence-corrected chi connectivity index (χ1v) is 9.03. The van der Waals surface area contributed by atoms with Gasteiger partial charge in [0.2, 0.25) is 5.91 Å². The summed E-state index contributed by atoms with van der Waals surface area (Å²) in [6.45, 7) is 4.06. The standard InChI is InChI=1S/C20H23N5O2/c1-15(26)24-8-10-25(11-9-24)20(27)17(12-21)13-22-7-6-16-14-23-19-5-3-2-4-18(16)19/h2-5,13-14,22-23H,6-11H2,1H3/b17-13-. The van der Waals surface area contributed by atoms with E-state index in [4.69, 9.17) is 0 Å². The van der Waals surface area contributed by atoms with Gasteiger partial charge in [-0.2, -0.15) is 5.26 Å². The topological polar surface area (TPSA) is 92.2 Å². The number of aromatic amines is 1. The smallest absolute Gasteiger partial charge is 0.266 e. The zero-order valence-electron chi connectivity index (χ0n) is 15.4. The number of carbonyl (C=O) groups is 2. The monoisotopic (exact) mass is 365 g/mol. The largest absolute Gasteiger partial charge is 0.389 e. The number of hydrogen-bond acceptors (Lipinski definition) is 4. The maximum Gasteiger partial charge on any atom is 0.266 e. The Bertz CT molecular complexity index is 900. The minimum absolute atomic E-state index is 0.0112. The Morgan fingerprint density at radius 3 is 2.63 bits per heavy atom. The predicted octanol–water partition coefficient (Wildman–Crippen LogP) is 1.40. The van der Waals surface area contributed by atoms with Crippen molar-refractivity contribution in [1.29, 1.82) is 5.26 Å². The van der Waals surface area contributed by atoms with Gasteiger partial charge in [-0.1, -0.05) is 18.2 Å². The first kappa shape index (κ1) is 18.5. The molecule has 2 amide bonds. The molecule has 0 bridgehead atoms. The number of hydrogen-bond donors (Lipinski definition) is 2. The third-order valence-electron chi connectivity index (χ3n) is 4.82. The number of fused-ring (bicyclic) bond motifs is 1. The van der Waals surface area contributed by atoms with Crippen LogP contribution in [0.15, 0.2) is 42.2 Å². The minimum atomic E-state index is -0.291. The molecular weight excluding hydrogens is 342 g/mol. The van der Waals surface area contributed by atoms with E-state index >= 15 is 0 Å². The highest BCUT2D eigenvalue weighted by atomic mass is 16.2. The van der Waals surface area contributed by atoms with Gasteiger partial charge in [0.15, 0.2) is 0 Å². The van der Waals surface area contributed by atoms with Gasteiger partial charge in [0.25, 0.3) is 5.91 Å². The molecule has 0 saturated carbocycles. The molecular formula is C20H23N5O2. The van der Waals surface area contributed by atoms with Crippen LogP contribution in [0.5, 0.6) is 0 Å². The Labute approximate surface area is 158 Å². The van der Waals surface area contributed by atoms with Crippen molar-refractivity contribution in [2.24, 2.45) is 0 Å². The lowest BCUT2D eigenvalue weighted by Crippen LogP contribution is -2.50.